The number of phosphoric acid groups is 1. The van der Waals surface area contributed by atoms with Crippen LogP contribution >= 0.6 is 7.82 Å². The maximum atomic E-state index is 12.8. The SMILES string of the molecule is CC(C)CCCC(C)CCCC(C)CCCC(C)C(C)OCC(C)OP(=O)(O)OC(C)COC(C)C(C)CCCC(C)CCCC(C)CCCC(C)C. The van der Waals surface area contributed by atoms with Gasteiger partial charge >= 0.3 is 7.82 Å². The molecule has 0 aromatic carbocycles. The second kappa shape index (κ2) is 31.1. The Hall–Kier alpha value is 0.0300. The number of rotatable bonds is 36. The molecule has 10 unspecified atom stereocenters. The van der Waals surface area contributed by atoms with Crippen LogP contribution in [0.5, 0.6) is 0 Å². The molecule has 0 aromatic rings. The van der Waals surface area contributed by atoms with Crippen LogP contribution in [0.3, 0.4) is 0 Å². The lowest BCUT2D eigenvalue weighted by atomic mass is 9.90. The van der Waals surface area contributed by atoms with Crippen LogP contribution in [0.25, 0.3) is 0 Å². The Morgan fingerprint density at radius 2 is 0.642 bits per heavy atom. The molecule has 53 heavy (non-hydrogen) atoms. The van der Waals surface area contributed by atoms with E-state index in [9.17, 15) is 9.46 Å². The summed E-state index contributed by atoms with van der Waals surface area (Å²) in [6.45, 7) is 31.6. The topological polar surface area (TPSA) is 74.2 Å². The van der Waals surface area contributed by atoms with Gasteiger partial charge in [0.25, 0.3) is 0 Å². The van der Waals surface area contributed by atoms with Crippen molar-refractivity contribution in [1.29, 1.82) is 0 Å². The van der Waals surface area contributed by atoms with E-state index in [2.05, 4.69) is 83.1 Å². The molecule has 0 bridgehead atoms. The molecule has 0 aliphatic rings. The third-order valence-electron chi connectivity index (χ3n) is 11.9. The molecule has 0 aromatic heterocycles. The van der Waals surface area contributed by atoms with Crippen LogP contribution in [0.1, 0.15) is 213 Å². The van der Waals surface area contributed by atoms with Crippen molar-refractivity contribution in [3.8, 4) is 0 Å². The van der Waals surface area contributed by atoms with E-state index < -0.39 is 20.0 Å². The van der Waals surface area contributed by atoms with Crippen molar-refractivity contribution in [2.45, 2.75) is 237 Å². The quantitative estimate of drug-likeness (QED) is 0.0639. The van der Waals surface area contributed by atoms with E-state index in [1.54, 1.807) is 13.8 Å². The van der Waals surface area contributed by atoms with Crippen LogP contribution in [0, 0.1) is 47.3 Å². The van der Waals surface area contributed by atoms with Crippen molar-refractivity contribution in [2.75, 3.05) is 13.2 Å². The molecule has 1 N–H and O–H groups in total. The molecule has 7 heteroatoms. The van der Waals surface area contributed by atoms with Crippen LogP contribution < -0.4 is 0 Å². The molecule has 0 heterocycles. The van der Waals surface area contributed by atoms with Gasteiger partial charge in [-0.3, -0.25) is 9.05 Å². The van der Waals surface area contributed by atoms with Crippen molar-refractivity contribution in [1.82, 2.24) is 0 Å². The number of phosphoric ester groups is 1. The van der Waals surface area contributed by atoms with Gasteiger partial charge in [-0.2, -0.15) is 0 Å². The van der Waals surface area contributed by atoms with E-state index in [1.807, 2.05) is 0 Å². The average Bonchev–Trinajstić information content (AvgIpc) is 3.05. The van der Waals surface area contributed by atoms with Crippen molar-refractivity contribution in [3.63, 3.8) is 0 Å². The predicted octanol–water partition coefficient (Wildman–Crippen LogP) is 14.9. The first-order valence-corrected chi connectivity index (χ1v) is 24.2. The summed E-state index contributed by atoms with van der Waals surface area (Å²) in [5.74, 6) is 5.72. The minimum Gasteiger partial charge on any atom is -0.376 e. The monoisotopic (exact) mass is 775 g/mol. The summed E-state index contributed by atoms with van der Waals surface area (Å²) in [5.41, 5.74) is 0. The van der Waals surface area contributed by atoms with E-state index >= 15 is 0 Å². The standard InChI is InChI=1S/C46H95O6P/c1-35(2)21-15-23-37(5)25-17-27-39(7)29-19-31-41(9)45(13)49-33-43(11)51-53(47,48)52-44(12)34-50-46(14)42(10)32-20-30-40(8)28-18-26-38(6)24-16-22-36(3)4/h35-46H,15-34H2,1-14H3,(H,47,48). The Morgan fingerprint density at radius 3 is 0.906 bits per heavy atom. The minimum atomic E-state index is -4.24. The summed E-state index contributed by atoms with van der Waals surface area (Å²) >= 11 is 0. The van der Waals surface area contributed by atoms with Crippen LogP contribution in [0.2, 0.25) is 0 Å². The Bertz CT molecular complexity index is 816. The van der Waals surface area contributed by atoms with Gasteiger partial charge in [0.1, 0.15) is 0 Å². The van der Waals surface area contributed by atoms with E-state index in [0.29, 0.717) is 11.8 Å². The first-order valence-electron chi connectivity index (χ1n) is 22.7. The Balaban J connectivity index is 4.17. The van der Waals surface area contributed by atoms with Crippen LogP contribution in [-0.2, 0) is 23.1 Å². The van der Waals surface area contributed by atoms with Crippen LogP contribution in [0.4, 0.5) is 0 Å². The highest BCUT2D eigenvalue weighted by Crippen LogP contribution is 2.46. The molecule has 0 aliphatic carbocycles. The van der Waals surface area contributed by atoms with Crippen molar-refractivity contribution in [3.05, 3.63) is 0 Å². The number of hydrogen-bond acceptors (Lipinski definition) is 5. The molecule has 0 rings (SSSR count). The summed E-state index contributed by atoms with van der Waals surface area (Å²) < 4.78 is 35.8. The zero-order chi connectivity index (χ0) is 40.4. The lowest BCUT2D eigenvalue weighted by molar-refractivity contribution is -0.0389. The zero-order valence-electron chi connectivity index (χ0n) is 38.0. The lowest BCUT2D eigenvalue weighted by Gasteiger charge is -2.26. The van der Waals surface area contributed by atoms with Crippen molar-refractivity contribution in [2.24, 2.45) is 47.3 Å². The number of hydrogen-bond donors (Lipinski definition) is 1. The number of ether oxygens (including phenoxy) is 2. The van der Waals surface area contributed by atoms with Gasteiger partial charge in [-0.1, -0.05) is 172 Å². The molecule has 0 saturated heterocycles. The summed E-state index contributed by atoms with van der Waals surface area (Å²) in [7, 11) is -4.24. The third kappa shape index (κ3) is 31.8. The summed E-state index contributed by atoms with van der Waals surface area (Å²) in [6, 6.07) is 0. The molecule has 0 saturated carbocycles. The molecule has 6 nitrogen and oxygen atoms in total. The average molecular weight is 775 g/mol. The molecule has 320 valence electrons. The fourth-order valence-corrected chi connectivity index (χ4v) is 8.53. The van der Waals surface area contributed by atoms with Crippen LogP contribution in [0.15, 0.2) is 0 Å². The molecular formula is C46H95O6P. The highest BCUT2D eigenvalue weighted by Gasteiger charge is 2.29. The molecule has 0 spiro atoms. The van der Waals surface area contributed by atoms with Crippen molar-refractivity contribution < 1.29 is 28.0 Å². The lowest BCUT2D eigenvalue weighted by Crippen LogP contribution is -2.26. The second-order valence-electron chi connectivity index (χ2n) is 19.1. The van der Waals surface area contributed by atoms with E-state index in [0.717, 1.165) is 48.3 Å². The van der Waals surface area contributed by atoms with Gasteiger partial charge in [-0.25, -0.2) is 4.57 Å². The Labute approximate surface area is 332 Å². The van der Waals surface area contributed by atoms with Gasteiger partial charge in [-0.05, 0) is 87.9 Å². The predicted molar refractivity (Wildman–Crippen MR) is 230 cm³/mol. The first kappa shape index (κ1) is 53.0. The van der Waals surface area contributed by atoms with Gasteiger partial charge < -0.3 is 14.4 Å². The van der Waals surface area contributed by atoms with Crippen LogP contribution in [-0.4, -0.2) is 42.5 Å². The first-order chi connectivity index (χ1) is 24.8. The molecule has 0 fully saturated rings. The van der Waals surface area contributed by atoms with E-state index in [4.69, 9.17) is 18.5 Å². The normalized spacial score (nSPS) is 19.3. The Morgan fingerprint density at radius 1 is 0.396 bits per heavy atom. The highest BCUT2D eigenvalue weighted by atomic mass is 31.2. The minimum absolute atomic E-state index is 0.0548. The largest absolute Gasteiger partial charge is 0.472 e. The van der Waals surface area contributed by atoms with Gasteiger partial charge in [0.05, 0.1) is 37.6 Å². The summed E-state index contributed by atoms with van der Waals surface area (Å²) in [5, 5.41) is 0. The fourth-order valence-electron chi connectivity index (χ4n) is 7.45. The molecule has 10 atom stereocenters. The third-order valence-corrected chi connectivity index (χ3v) is 13.1. The fraction of sp³-hybridized carbons (Fsp3) is 1.00. The smallest absolute Gasteiger partial charge is 0.376 e. The molecule has 0 radical (unpaired) electrons. The summed E-state index contributed by atoms with van der Waals surface area (Å²) in [6.07, 6.45) is 22.5. The second-order valence-corrected chi connectivity index (χ2v) is 20.5. The zero-order valence-corrected chi connectivity index (χ0v) is 38.9. The molecule has 0 aliphatic heterocycles. The van der Waals surface area contributed by atoms with Gasteiger partial charge in [0, 0.05) is 0 Å². The molecular weight excluding hydrogens is 679 g/mol. The molecule has 0 amide bonds. The Kier molecular flexibility index (Phi) is 31.1. The van der Waals surface area contributed by atoms with E-state index in [-0.39, 0.29) is 25.4 Å². The van der Waals surface area contributed by atoms with E-state index in [1.165, 1.54) is 103 Å². The van der Waals surface area contributed by atoms with Gasteiger partial charge in [0.2, 0.25) is 0 Å². The highest BCUT2D eigenvalue weighted by molar-refractivity contribution is 7.47. The van der Waals surface area contributed by atoms with Gasteiger partial charge in [0.15, 0.2) is 0 Å². The van der Waals surface area contributed by atoms with Crippen molar-refractivity contribution >= 4 is 7.82 Å². The maximum absolute atomic E-state index is 12.8. The summed E-state index contributed by atoms with van der Waals surface area (Å²) in [4.78, 5) is 10.4. The maximum Gasteiger partial charge on any atom is 0.472 e. The van der Waals surface area contributed by atoms with Gasteiger partial charge in [-0.15, -0.1) is 0 Å².